The van der Waals surface area contributed by atoms with Gasteiger partial charge in [-0.05, 0) is 83.5 Å². The van der Waals surface area contributed by atoms with Crippen molar-refractivity contribution in [1.29, 1.82) is 0 Å². The van der Waals surface area contributed by atoms with Crippen molar-refractivity contribution in [3.8, 4) is 0 Å². The molecule has 0 atom stereocenters. The number of carbonyl (C=O) groups excluding carboxylic acids is 1. The lowest BCUT2D eigenvalue weighted by molar-refractivity contribution is 0.0955. The number of amides is 1. The van der Waals surface area contributed by atoms with Gasteiger partial charge in [-0.1, -0.05) is 30.3 Å². The molecular formula is C22H20FIN2O. The number of anilines is 2. The van der Waals surface area contributed by atoms with E-state index in [9.17, 15) is 9.18 Å². The van der Waals surface area contributed by atoms with Crippen LogP contribution in [0.25, 0.3) is 0 Å². The lowest BCUT2D eigenvalue weighted by atomic mass is 10.1. The summed E-state index contributed by atoms with van der Waals surface area (Å²) in [6.45, 7) is 2.49. The zero-order valence-corrected chi connectivity index (χ0v) is 17.1. The van der Waals surface area contributed by atoms with E-state index in [1.165, 1.54) is 18.2 Å². The summed E-state index contributed by atoms with van der Waals surface area (Å²) in [7, 11) is 0. The predicted octanol–water partition coefficient (Wildman–Crippen LogP) is 5.45. The van der Waals surface area contributed by atoms with E-state index in [-0.39, 0.29) is 11.7 Å². The van der Waals surface area contributed by atoms with Gasteiger partial charge in [-0.15, -0.1) is 0 Å². The first-order chi connectivity index (χ1) is 13.0. The van der Waals surface area contributed by atoms with E-state index >= 15 is 0 Å². The second-order valence-electron chi connectivity index (χ2n) is 6.27. The van der Waals surface area contributed by atoms with Crippen LogP contribution in [0.4, 0.5) is 15.8 Å². The van der Waals surface area contributed by atoms with Crippen LogP contribution in [0.3, 0.4) is 0 Å². The second-order valence-corrected chi connectivity index (χ2v) is 7.51. The lowest BCUT2D eigenvalue weighted by Gasteiger charge is -2.14. The van der Waals surface area contributed by atoms with Gasteiger partial charge in [0.15, 0.2) is 0 Å². The first-order valence-corrected chi connectivity index (χ1v) is 9.75. The highest BCUT2D eigenvalue weighted by Gasteiger charge is 2.13. The third-order valence-corrected chi connectivity index (χ3v) is 4.90. The third kappa shape index (κ3) is 5.29. The molecule has 5 heteroatoms. The molecule has 0 heterocycles. The minimum absolute atomic E-state index is 0.225. The van der Waals surface area contributed by atoms with Gasteiger partial charge in [0.2, 0.25) is 0 Å². The minimum Gasteiger partial charge on any atom is -0.355 e. The summed E-state index contributed by atoms with van der Waals surface area (Å²) < 4.78 is 14.9. The number of aryl methyl sites for hydroxylation is 1. The molecule has 138 valence electrons. The molecule has 0 aliphatic heterocycles. The largest absolute Gasteiger partial charge is 0.355 e. The summed E-state index contributed by atoms with van der Waals surface area (Å²) in [6.07, 6.45) is 0.743. The van der Waals surface area contributed by atoms with Crippen LogP contribution in [0.2, 0.25) is 0 Å². The van der Waals surface area contributed by atoms with Crippen molar-refractivity contribution in [2.24, 2.45) is 0 Å². The van der Waals surface area contributed by atoms with Crippen LogP contribution < -0.4 is 10.6 Å². The fourth-order valence-corrected chi connectivity index (χ4v) is 3.44. The first kappa shape index (κ1) is 19.4. The van der Waals surface area contributed by atoms with E-state index < -0.39 is 0 Å². The highest BCUT2D eigenvalue weighted by atomic mass is 127. The van der Waals surface area contributed by atoms with E-state index in [4.69, 9.17) is 0 Å². The molecule has 0 bridgehead atoms. The normalized spacial score (nSPS) is 10.5. The molecule has 0 spiro atoms. The number of halogens is 2. The fourth-order valence-electron chi connectivity index (χ4n) is 2.79. The maximum Gasteiger partial charge on any atom is 0.253 e. The van der Waals surface area contributed by atoms with Gasteiger partial charge in [-0.2, -0.15) is 0 Å². The summed E-state index contributed by atoms with van der Waals surface area (Å²) in [5.41, 5.74) is 3.91. The summed E-state index contributed by atoms with van der Waals surface area (Å²) in [5.74, 6) is -0.613. The molecule has 3 rings (SSSR count). The molecule has 0 saturated heterocycles. The van der Waals surface area contributed by atoms with Gasteiger partial charge in [0.1, 0.15) is 5.82 Å². The van der Waals surface area contributed by atoms with Gasteiger partial charge in [-0.3, -0.25) is 4.79 Å². The van der Waals surface area contributed by atoms with Crippen LogP contribution in [0, 0.1) is 16.3 Å². The summed E-state index contributed by atoms with van der Waals surface area (Å²) in [4.78, 5) is 12.6. The lowest BCUT2D eigenvalue weighted by Crippen LogP contribution is -2.26. The van der Waals surface area contributed by atoms with Crippen LogP contribution in [0.15, 0.2) is 66.7 Å². The molecule has 0 aliphatic rings. The summed E-state index contributed by atoms with van der Waals surface area (Å²) in [6, 6.07) is 20.1. The molecule has 3 nitrogen and oxygen atoms in total. The van der Waals surface area contributed by atoms with E-state index in [0.29, 0.717) is 17.8 Å². The van der Waals surface area contributed by atoms with Crippen molar-refractivity contribution in [2.75, 3.05) is 11.9 Å². The molecule has 1 amide bonds. The second kappa shape index (κ2) is 8.99. The van der Waals surface area contributed by atoms with Crippen LogP contribution in [0.1, 0.15) is 21.5 Å². The van der Waals surface area contributed by atoms with E-state index in [0.717, 1.165) is 26.8 Å². The zero-order chi connectivity index (χ0) is 19.2. The Hall–Kier alpha value is -2.41. The Balaban J connectivity index is 1.73. The van der Waals surface area contributed by atoms with Crippen molar-refractivity contribution in [1.82, 2.24) is 5.32 Å². The summed E-state index contributed by atoms with van der Waals surface area (Å²) >= 11 is 2.24. The van der Waals surface area contributed by atoms with Gasteiger partial charge in [-0.25, -0.2) is 4.39 Å². The Kier molecular flexibility index (Phi) is 6.45. The van der Waals surface area contributed by atoms with Crippen LogP contribution in [-0.4, -0.2) is 12.5 Å². The Morgan fingerprint density at radius 2 is 1.78 bits per heavy atom. The summed E-state index contributed by atoms with van der Waals surface area (Å²) in [5, 5.41) is 6.11. The smallest absolute Gasteiger partial charge is 0.253 e. The Morgan fingerprint density at radius 3 is 2.52 bits per heavy atom. The van der Waals surface area contributed by atoms with Crippen molar-refractivity contribution in [2.45, 2.75) is 13.3 Å². The number of benzene rings is 3. The molecule has 0 aromatic heterocycles. The number of hydrogen-bond donors (Lipinski definition) is 2. The molecule has 0 fully saturated rings. The molecule has 0 unspecified atom stereocenters. The van der Waals surface area contributed by atoms with Gasteiger partial charge in [0, 0.05) is 15.8 Å². The zero-order valence-electron chi connectivity index (χ0n) is 14.9. The fraction of sp³-hybridized carbons (Fsp3) is 0.136. The van der Waals surface area contributed by atoms with Crippen molar-refractivity contribution < 1.29 is 9.18 Å². The SMILES string of the molecule is Cc1cc(I)ccc1Nc1cc(F)ccc1C(=O)NCCc1ccccc1. The van der Waals surface area contributed by atoms with Gasteiger partial charge in [0.25, 0.3) is 5.91 Å². The standard InChI is InChI=1S/C22H20FIN2O/c1-15-13-18(24)8-10-20(15)26-21-14-17(23)7-9-19(21)22(27)25-12-11-16-5-3-2-4-6-16/h2-10,13-14,26H,11-12H2,1H3,(H,25,27). The Labute approximate surface area is 172 Å². The molecule has 0 radical (unpaired) electrons. The van der Waals surface area contributed by atoms with Gasteiger partial charge in [0.05, 0.1) is 11.3 Å². The average molecular weight is 474 g/mol. The number of nitrogens with one attached hydrogen (secondary N) is 2. The highest BCUT2D eigenvalue weighted by Crippen LogP contribution is 2.25. The predicted molar refractivity (Wildman–Crippen MR) is 116 cm³/mol. The average Bonchev–Trinajstić information content (AvgIpc) is 2.65. The molecular weight excluding hydrogens is 454 g/mol. The van der Waals surface area contributed by atoms with Crippen LogP contribution >= 0.6 is 22.6 Å². The minimum atomic E-state index is -0.387. The third-order valence-electron chi connectivity index (χ3n) is 4.23. The Bertz CT molecular complexity index is 944. The van der Waals surface area contributed by atoms with E-state index in [2.05, 4.69) is 33.2 Å². The highest BCUT2D eigenvalue weighted by molar-refractivity contribution is 14.1. The quantitative estimate of drug-likeness (QED) is 0.467. The van der Waals surface area contributed by atoms with Crippen LogP contribution in [0.5, 0.6) is 0 Å². The molecule has 27 heavy (non-hydrogen) atoms. The topological polar surface area (TPSA) is 41.1 Å². The number of carbonyl (C=O) groups is 1. The van der Waals surface area contributed by atoms with Crippen molar-refractivity contribution >= 4 is 39.9 Å². The maximum absolute atomic E-state index is 13.8. The van der Waals surface area contributed by atoms with Crippen molar-refractivity contribution in [3.63, 3.8) is 0 Å². The number of hydrogen-bond acceptors (Lipinski definition) is 2. The molecule has 0 aliphatic carbocycles. The molecule has 2 N–H and O–H groups in total. The molecule has 3 aromatic rings. The number of rotatable bonds is 6. The molecule has 3 aromatic carbocycles. The Morgan fingerprint density at radius 1 is 1.00 bits per heavy atom. The monoisotopic (exact) mass is 474 g/mol. The molecule has 0 saturated carbocycles. The van der Waals surface area contributed by atoms with E-state index in [1.54, 1.807) is 0 Å². The first-order valence-electron chi connectivity index (χ1n) is 8.68. The van der Waals surface area contributed by atoms with Crippen molar-refractivity contribution in [3.05, 3.63) is 92.8 Å². The van der Waals surface area contributed by atoms with Crippen LogP contribution in [-0.2, 0) is 6.42 Å². The maximum atomic E-state index is 13.8. The van der Waals surface area contributed by atoms with E-state index in [1.807, 2.05) is 55.5 Å². The van der Waals surface area contributed by atoms with Gasteiger partial charge < -0.3 is 10.6 Å². The van der Waals surface area contributed by atoms with Gasteiger partial charge >= 0.3 is 0 Å².